The summed E-state index contributed by atoms with van der Waals surface area (Å²) in [5, 5.41) is 0. The van der Waals surface area contributed by atoms with Crippen LogP contribution in [0.5, 0.6) is 0 Å². The number of benzene rings is 1. The van der Waals surface area contributed by atoms with Gasteiger partial charge in [-0.25, -0.2) is 0 Å². The summed E-state index contributed by atoms with van der Waals surface area (Å²) in [7, 11) is 0. The lowest BCUT2D eigenvalue weighted by Gasteiger charge is -2.12. The first-order valence-electron chi connectivity index (χ1n) is 5.67. The van der Waals surface area contributed by atoms with Gasteiger partial charge in [0.1, 0.15) is 0 Å². The standard InChI is InChI=1S/C14H21O/c1-5-15-12(4)14-8-6-13(7-9-14)10-11(2)3/h6-9,11-12H,4-5,10H2,1-3H3. The average Bonchev–Trinajstić information content (AvgIpc) is 2.18. The monoisotopic (exact) mass is 205 g/mol. The molecule has 0 saturated carbocycles. The third-order valence-electron chi connectivity index (χ3n) is 2.36. The van der Waals surface area contributed by atoms with E-state index < -0.39 is 0 Å². The van der Waals surface area contributed by atoms with Crippen LogP contribution in [0.1, 0.15) is 38.0 Å². The van der Waals surface area contributed by atoms with E-state index in [1.807, 2.05) is 6.92 Å². The van der Waals surface area contributed by atoms with Crippen LogP contribution in [0, 0.1) is 12.8 Å². The zero-order chi connectivity index (χ0) is 11.3. The van der Waals surface area contributed by atoms with Gasteiger partial charge in [0.2, 0.25) is 0 Å². The Morgan fingerprint density at radius 2 is 1.80 bits per heavy atom. The molecule has 0 saturated heterocycles. The van der Waals surface area contributed by atoms with Crippen LogP contribution < -0.4 is 0 Å². The minimum absolute atomic E-state index is 0.0388. The van der Waals surface area contributed by atoms with Gasteiger partial charge < -0.3 is 4.74 Å². The molecule has 1 radical (unpaired) electrons. The molecule has 83 valence electrons. The second-order valence-electron chi connectivity index (χ2n) is 4.28. The fraction of sp³-hybridized carbons (Fsp3) is 0.500. The molecule has 0 heterocycles. The third kappa shape index (κ3) is 4.05. The summed E-state index contributed by atoms with van der Waals surface area (Å²) in [5.41, 5.74) is 2.54. The Labute approximate surface area is 93.5 Å². The fourth-order valence-corrected chi connectivity index (χ4v) is 1.64. The molecule has 1 aromatic rings. The maximum absolute atomic E-state index is 5.44. The first-order chi connectivity index (χ1) is 7.13. The van der Waals surface area contributed by atoms with Gasteiger partial charge in [0.25, 0.3) is 0 Å². The summed E-state index contributed by atoms with van der Waals surface area (Å²) in [4.78, 5) is 0. The summed E-state index contributed by atoms with van der Waals surface area (Å²) in [6.07, 6.45) is 1.10. The highest BCUT2D eigenvalue weighted by atomic mass is 16.5. The molecule has 1 heteroatoms. The van der Waals surface area contributed by atoms with E-state index in [0.29, 0.717) is 12.5 Å². The molecule has 0 bridgehead atoms. The highest BCUT2D eigenvalue weighted by Crippen LogP contribution is 2.17. The quantitative estimate of drug-likeness (QED) is 0.710. The molecule has 0 amide bonds. The Bertz CT molecular complexity index is 274. The third-order valence-corrected chi connectivity index (χ3v) is 2.36. The van der Waals surface area contributed by atoms with Gasteiger partial charge in [0.05, 0.1) is 6.10 Å². The van der Waals surface area contributed by atoms with E-state index in [4.69, 9.17) is 4.74 Å². The van der Waals surface area contributed by atoms with Crippen LogP contribution in [0.15, 0.2) is 24.3 Å². The van der Waals surface area contributed by atoms with Crippen molar-refractivity contribution in [3.63, 3.8) is 0 Å². The minimum Gasteiger partial charge on any atom is -0.374 e. The number of rotatable bonds is 5. The lowest BCUT2D eigenvalue weighted by molar-refractivity contribution is 0.0948. The van der Waals surface area contributed by atoms with Crippen molar-refractivity contribution in [2.75, 3.05) is 6.61 Å². The molecule has 1 atom stereocenters. The average molecular weight is 205 g/mol. The summed E-state index contributed by atoms with van der Waals surface area (Å²) in [6, 6.07) is 8.58. The van der Waals surface area contributed by atoms with Crippen LogP contribution >= 0.6 is 0 Å². The van der Waals surface area contributed by atoms with E-state index in [1.165, 1.54) is 5.56 Å². The second-order valence-corrected chi connectivity index (χ2v) is 4.28. The number of hydrogen-bond donors (Lipinski definition) is 0. The Morgan fingerprint density at radius 1 is 1.20 bits per heavy atom. The Kier molecular flexibility index (Phi) is 4.83. The lowest BCUT2D eigenvalue weighted by Crippen LogP contribution is -2.00. The topological polar surface area (TPSA) is 9.23 Å². The van der Waals surface area contributed by atoms with Crippen molar-refractivity contribution >= 4 is 0 Å². The van der Waals surface area contributed by atoms with Gasteiger partial charge in [-0.1, -0.05) is 38.1 Å². The predicted molar refractivity (Wildman–Crippen MR) is 64.7 cm³/mol. The van der Waals surface area contributed by atoms with E-state index in [-0.39, 0.29) is 6.10 Å². The van der Waals surface area contributed by atoms with Crippen molar-refractivity contribution in [1.29, 1.82) is 0 Å². The molecule has 0 aliphatic heterocycles. The van der Waals surface area contributed by atoms with Gasteiger partial charge in [0.15, 0.2) is 0 Å². The van der Waals surface area contributed by atoms with E-state index in [2.05, 4.69) is 45.0 Å². The van der Waals surface area contributed by atoms with E-state index in [9.17, 15) is 0 Å². The largest absolute Gasteiger partial charge is 0.374 e. The minimum atomic E-state index is -0.0388. The SMILES string of the molecule is [CH2]C(OCC)c1ccc(CC(C)C)cc1. The summed E-state index contributed by atoms with van der Waals surface area (Å²) in [5.74, 6) is 0.707. The van der Waals surface area contributed by atoms with Crippen LogP contribution in [0.4, 0.5) is 0 Å². The summed E-state index contributed by atoms with van der Waals surface area (Å²) in [6.45, 7) is 11.1. The molecule has 0 aliphatic rings. The smallest absolute Gasteiger partial charge is 0.0825 e. The van der Waals surface area contributed by atoms with Crippen molar-refractivity contribution in [3.8, 4) is 0 Å². The molecule has 0 aliphatic carbocycles. The molecular weight excluding hydrogens is 184 g/mol. The molecule has 1 nitrogen and oxygen atoms in total. The van der Waals surface area contributed by atoms with Gasteiger partial charge >= 0.3 is 0 Å². The van der Waals surface area contributed by atoms with Crippen molar-refractivity contribution < 1.29 is 4.74 Å². The van der Waals surface area contributed by atoms with Crippen molar-refractivity contribution in [2.24, 2.45) is 5.92 Å². The molecule has 15 heavy (non-hydrogen) atoms. The normalized spacial score (nSPS) is 13.1. The van der Waals surface area contributed by atoms with E-state index >= 15 is 0 Å². The first-order valence-corrected chi connectivity index (χ1v) is 5.67. The lowest BCUT2D eigenvalue weighted by atomic mass is 10.0. The van der Waals surface area contributed by atoms with Crippen LogP contribution in [-0.4, -0.2) is 6.61 Å². The van der Waals surface area contributed by atoms with Gasteiger partial charge in [-0.05, 0) is 37.3 Å². The maximum Gasteiger partial charge on any atom is 0.0825 e. The van der Waals surface area contributed by atoms with Crippen molar-refractivity contribution in [2.45, 2.75) is 33.3 Å². The van der Waals surface area contributed by atoms with Gasteiger partial charge in [0, 0.05) is 6.61 Å². The zero-order valence-electron chi connectivity index (χ0n) is 9.99. The van der Waals surface area contributed by atoms with E-state index in [0.717, 1.165) is 12.0 Å². The predicted octanol–water partition coefficient (Wildman–Crippen LogP) is 3.80. The summed E-state index contributed by atoms with van der Waals surface area (Å²) >= 11 is 0. The van der Waals surface area contributed by atoms with Crippen LogP contribution in [0.25, 0.3) is 0 Å². The number of hydrogen-bond acceptors (Lipinski definition) is 1. The molecular formula is C14H21O. The highest BCUT2D eigenvalue weighted by Gasteiger charge is 2.04. The number of ether oxygens (including phenoxy) is 1. The van der Waals surface area contributed by atoms with Gasteiger partial charge in [-0.15, -0.1) is 0 Å². The van der Waals surface area contributed by atoms with Crippen molar-refractivity contribution in [1.82, 2.24) is 0 Å². The zero-order valence-corrected chi connectivity index (χ0v) is 9.99. The molecule has 0 spiro atoms. The van der Waals surface area contributed by atoms with Crippen LogP contribution in [-0.2, 0) is 11.2 Å². The molecule has 1 aromatic carbocycles. The molecule has 0 fully saturated rings. The van der Waals surface area contributed by atoms with Crippen LogP contribution in [0.2, 0.25) is 0 Å². The second kappa shape index (κ2) is 5.92. The first kappa shape index (κ1) is 12.3. The van der Waals surface area contributed by atoms with Crippen molar-refractivity contribution in [3.05, 3.63) is 42.3 Å². The molecule has 1 unspecified atom stereocenters. The highest BCUT2D eigenvalue weighted by molar-refractivity contribution is 5.25. The summed E-state index contributed by atoms with van der Waals surface area (Å²) < 4.78 is 5.44. The van der Waals surface area contributed by atoms with Gasteiger partial charge in [-0.3, -0.25) is 0 Å². The Morgan fingerprint density at radius 3 is 2.27 bits per heavy atom. The van der Waals surface area contributed by atoms with Gasteiger partial charge in [-0.2, -0.15) is 0 Å². The molecule has 0 N–H and O–H groups in total. The van der Waals surface area contributed by atoms with Crippen LogP contribution in [0.3, 0.4) is 0 Å². The molecule has 1 rings (SSSR count). The maximum atomic E-state index is 5.44. The Hall–Kier alpha value is -0.820. The fourth-order valence-electron chi connectivity index (χ4n) is 1.64. The molecule has 0 aromatic heterocycles. The van der Waals surface area contributed by atoms with E-state index in [1.54, 1.807) is 0 Å². The Balaban J connectivity index is 2.63.